The van der Waals surface area contributed by atoms with Crippen molar-refractivity contribution >= 4 is 11.7 Å². The summed E-state index contributed by atoms with van der Waals surface area (Å²) in [6.45, 7) is 4.75. The van der Waals surface area contributed by atoms with Crippen molar-refractivity contribution in [2.45, 2.75) is 45.6 Å². The van der Waals surface area contributed by atoms with Crippen molar-refractivity contribution in [2.24, 2.45) is 5.92 Å². The summed E-state index contributed by atoms with van der Waals surface area (Å²) in [5.74, 6) is -0.455. The molecule has 144 valence electrons. The Morgan fingerprint density at radius 3 is 2.37 bits per heavy atom. The largest absolute Gasteiger partial charge is 0.354 e. The smallest absolute Gasteiger partial charge is 0.251 e. The fourth-order valence-electron chi connectivity index (χ4n) is 3.07. The Morgan fingerprint density at radius 1 is 1.04 bits per heavy atom. The van der Waals surface area contributed by atoms with Crippen molar-refractivity contribution in [1.82, 2.24) is 9.88 Å². The fraction of sp³-hybridized carbons (Fsp3) is 0.409. The fourth-order valence-corrected chi connectivity index (χ4v) is 3.07. The number of hydrogen-bond donors (Lipinski definition) is 1. The molecule has 1 aromatic heterocycles. The molecule has 0 saturated carbocycles. The number of nitrogens with zero attached hydrogens (tertiary/aromatic N) is 1. The van der Waals surface area contributed by atoms with Gasteiger partial charge in [-0.25, -0.2) is 0 Å². The molecular formula is C22H28N2O3. The zero-order chi connectivity index (χ0) is 19.6. The second-order valence-electron chi connectivity index (χ2n) is 6.74. The number of Topliss-reactive ketones (excluding diaryl/α,β-unsaturated/α-hetero) is 1. The number of hydrogen-bond acceptors (Lipinski definition) is 3. The highest BCUT2D eigenvalue weighted by Gasteiger charge is 2.30. The zero-order valence-corrected chi connectivity index (χ0v) is 16.1. The molecule has 0 bridgehead atoms. The van der Waals surface area contributed by atoms with Crippen LogP contribution in [-0.4, -0.2) is 22.8 Å². The number of benzene rings is 1. The molecule has 0 aliphatic heterocycles. The second kappa shape index (κ2) is 10.5. The van der Waals surface area contributed by atoms with Crippen molar-refractivity contribution in [3.63, 3.8) is 0 Å². The maximum atomic E-state index is 13.0. The standard InChI is InChI=1S/C22H28N2O3/c1-3-5-11-17(4-2)16-23-22(27)20(24-15-10-9-14-19(24)25)21(26)18-12-7-6-8-13-18/h6-10,12-15,17,20H,3-5,11,16H2,1-2H3,(H,23,27)/t17-,20-/m1/s1. The van der Waals surface area contributed by atoms with Crippen molar-refractivity contribution in [3.05, 3.63) is 70.6 Å². The molecule has 1 N–H and O–H groups in total. The number of nitrogens with one attached hydrogen (secondary N) is 1. The lowest BCUT2D eigenvalue weighted by Crippen LogP contribution is -2.42. The van der Waals surface area contributed by atoms with Gasteiger partial charge in [0.1, 0.15) is 0 Å². The molecule has 1 amide bonds. The molecule has 0 aliphatic rings. The molecule has 5 heteroatoms. The highest BCUT2D eigenvalue weighted by Crippen LogP contribution is 2.15. The number of rotatable bonds is 10. The van der Waals surface area contributed by atoms with Gasteiger partial charge in [0.2, 0.25) is 0 Å². The van der Waals surface area contributed by atoms with Crippen LogP contribution >= 0.6 is 0 Å². The van der Waals surface area contributed by atoms with Gasteiger partial charge in [-0.2, -0.15) is 0 Å². The van der Waals surface area contributed by atoms with Crippen molar-refractivity contribution in [2.75, 3.05) is 6.54 Å². The highest BCUT2D eigenvalue weighted by atomic mass is 16.2. The predicted octanol–water partition coefficient (Wildman–Crippen LogP) is 3.60. The maximum absolute atomic E-state index is 13.0. The lowest BCUT2D eigenvalue weighted by atomic mass is 9.98. The van der Waals surface area contributed by atoms with Crippen LogP contribution in [0.4, 0.5) is 0 Å². The molecule has 1 aromatic carbocycles. The molecule has 2 aromatic rings. The van der Waals surface area contributed by atoms with Crippen molar-refractivity contribution < 1.29 is 9.59 Å². The molecule has 2 atom stereocenters. The molecule has 27 heavy (non-hydrogen) atoms. The Hall–Kier alpha value is -2.69. The van der Waals surface area contributed by atoms with Crippen LogP contribution in [-0.2, 0) is 4.79 Å². The Bertz CT molecular complexity index is 798. The Balaban J connectivity index is 2.24. The van der Waals surface area contributed by atoms with Crippen LogP contribution in [0.1, 0.15) is 55.9 Å². The van der Waals surface area contributed by atoms with Gasteiger partial charge in [0.15, 0.2) is 11.8 Å². The normalized spacial score (nSPS) is 13.0. The van der Waals surface area contributed by atoms with Crippen molar-refractivity contribution in [1.29, 1.82) is 0 Å². The van der Waals surface area contributed by atoms with Crippen LogP contribution < -0.4 is 10.9 Å². The molecule has 0 spiro atoms. The van der Waals surface area contributed by atoms with E-state index in [1.807, 2.05) is 0 Å². The number of amides is 1. The van der Waals surface area contributed by atoms with Gasteiger partial charge in [-0.05, 0) is 18.4 Å². The third kappa shape index (κ3) is 5.64. The predicted molar refractivity (Wildman–Crippen MR) is 107 cm³/mol. The molecular weight excluding hydrogens is 340 g/mol. The van der Waals surface area contributed by atoms with Crippen LogP contribution in [0, 0.1) is 5.92 Å². The van der Waals surface area contributed by atoms with Gasteiger partial charge < -0.3 is 5.32 Å². The van der Waals surface area contributed by atoms with Crippen LogP contribution in [0.25, 0.3) is 0 Å². The van der Waals surface area contributed by atoms with E-state index < -0.39 is 11.9 Å². The number of carbonyl (C=O) groups excluding carboxylic acids is 2. The average Bonchev–Trinajstić information content (AvgIpc) is 2.70. The molecule has 5 nitrogen and oxygen atoms in total. The second-order valence-corrected chi connectivity index (χ2v) is 6.74. The number of carbonyl (C=O) groups is 2. The number of pyridine rings is 1. The minimum atomic E-state index is -1.20. The van der Waals surface area contributed by atoms with E-state index in [0.29, 0.717) is 18.0 Å². The summed E-state index contributed by atoms with van der Waals surface area (Å²) in [5.41, 5.74) is 0.0337. The SMILES string of the molecule is CCCC[C@@H](CC)CNC(=O)[C@@H](C(=O)c1ccccc1)n1ccccc1=O. The molecule has 0 fully saturated rings. The van der Waals surface area contributed by atoms with Gasteiger partial charge in [-0.1, -0.05) is 69.5 Å². The van der Waals surface area contributed by atoms with E-state index in [0.717, 1.165) is 25.7 Å². The van der Waals surface area contributed by atoms with Crippen LogP contribution in [0.3, 0.4) is 0 Å². The van der Waals surface area contributed by atoms with E-state index in [4.69, 9.17) is 0 Å². The van der Waals surface area contributed by atoms with Gasteiger partial charge in [0.25, 0.3) is 11.5 Å². The zero-order valence-electron chi connectivity index (χ0n) is 16.1. The maximum Gasteiger partial charge on any atom is 0.251 e. The summed E-state index contributed by atoms with van der Waals surface area (Å²) >= 11 is 0. The number of aromatic nitrogens is 1. The van der Waals surface area contributed by atoms with Crippen molar-refractivity contribution in [3.8, 4) is 0 Å². The first-order valence-corrected chi connectivity index (χ1v) is 9.62. The molecule has 1 heterocycles. The van der Waals surface area contributed by atoms with E-state index in [1.54, 1.807) is 42.5 Å². The number of ketones is 1. The van der Waals surface area contributed by atoms with E-state index in [1.165, 1.54) is 16.8 Å². The molecule has 0 aliphatic carbocycles. The van der Waals surface area contributed by atoms with E-state index in [2.05, 4.69) is 19.2 Å². The summed E-state index contributed by atoms with van der Waals surface area (Å²) in [6, 6.07) is 12.0. The third-order valence-corrected chi connectivity index (χ3v) is 4.79. The summed E-state index contributed by atoms with van der Waals surface area (Å²) in [4.78, 5) is 38.2. The molecule has 2 rings (SSSR count). The summed E-state index contributed by atoms with van der Waals surface area (Å²) in [7, 11) is 0. The van der Waals surface area contributed by atoms with Gasteiger partial charge in [-0.3, -0.25) is 19.0 Å². The van der Waals surface area contributed by atoms with E-state index in [9.17, 15) is 14.4 Å². The van der Waals surface area contributed by atoms with Crippen LogP contribution in [0.15, 0.2) is 59.5 Å². The summed E-state index contributed by atoms with van der Waals surface area (Å²) in [5, 5.41) is 2.90. The monoisotopic (exact) mass is 368 g/mol. The molecule has 0 radical (unpaired) electrons. The van der Waals surface area contributed by atoms with Gasteiger partial charge in [-0.15, -0.1) is 0 Å². The Morgan fingerprint density at radius 2 is 1.74 bits per heavy atom. The Labute approximate surface area is 160 Å². The molecule has 0 unspecified atom stereocenters. The Kier molecular flexibility index (Phi) is 7.99. The molecule has 0 saturated heterocycles. The lowest BCUT2D eigenvalue weighted by molar-refractivity contribution is -0.123. The summed E-state index contributed by atoms with van der Waals surface area (Å²) < 4.78 is 1.21. The van der Waals surface area contributed by atoms with E-state index >= 15 is 0 Å². The first-order valence-electron chi connectivity index (χ1n) is 9.62. The van der Waals surface area contributed by atoms with Gasteiger partial charge in [0.05, 0.1) is 0 Å². The first-order chi connectivity index (χ1) is 13.1. The minimum absolute atomic E-state index is 0.369. The van der Waals surface area contributed by atoms with Crippen LogP contribution in [0.5, 0.6) is 0 Å². The minimum Gasteiger partial charge on any atom is -0.354 e. The van der Waals surface area contributed by atoms with Gasteiger partial charge in [0, 0.05) is 24.4 Å². The highest BCUT2D eigenvalue weighted by molar-refractivity contribution is 6.11. The quantitative estimate of drug-likeness (QED) is 0.515. The van der Waals surface area contributed by atoms with E-state index in [-0.39, 0.29) is 11.3 Å². The third-order valence-electron chi connectivity index (χ3n) is 4.79. The average molecular weight is 368 g/mol. The number of unbranched alkanes of at least 4 members (excludes halogenated alkanes) is 1. The summed E-state index contributed by atoms with van der Waals surface area (Å²) in [6.07, 6.45) is 5.71. The topological polar surface area (TPSA) is 68.2 Å². The first kappa shape index (κ1) is 20.6. The van der Waals surface area contributed by atoms with Crippen LogP contribution in [0.2, 0.25) is 0 Å². The van der Waals surface area contributed by atoms with Gasteiger partial charge >= 0.3 is 0 Å². The lowest BCUT2D eigenvalue weighted by Gasteiger charge is -2.21.